The number of nitrogens with zero attached hydrogens (tertiary/aromatic N) is 1. The molecular weight excluding hydrogens is 252 g/mol. The van der Waals surface area contributed by atoms with E-state index in [0.29, 0.717) is 19.6 Å². The lowest BCUT2D eigenvalue weighted by Gasteiger charge is -2.38. The molecule has 0 aliphatic carbocycles. The fourth-order valence-electron chi connectivity index (χ4n) is 2.09. The summed E-state index contributed by atoms with van der Waals surface area (Å²) in [6.45, 7) is 8.53. The van der Waals surface area contributed by atoms with Crippen molar-refractivity contribution in [2.45, 2.75) is 56.7 Å². The van der Waals surface area contributed by atoms with Gasteiger partial charge in [0.15, 0.2) is 0 Å². The second kappa shape index (κ2) is 6.02. The van der Waals surface area contributed by atoms with Gasteiger partial charge in [0.05, 0.1) is 12.8 Å². The topological polar surface area (TPSA) is 72.6 Å². The van der Waals surface area contributed by atoms with E-state index in [1.165, 1.54) is 4.90 Å². The number of hydrogen-bond donors (Lipinski definition) is 1. The first-order chi connectivity index (χ1) is 8.27. The number of likely N-dealkylation sites (tertiary alicyclic amines) is 1. The quantitative estimate of drug-likeness (QED) is 0.828. The number of hydrogen-bond acceptors (Lipinski definition) is 4. The Labute approximate surface area is 111 Å². The molecule has 1 rings (SSSR count). The summed E-state index contributed by atoms with van der Waals surface area (Å²) in [4.78, 5) is 13.2. The van der Waals surface area contributed by atoms with E-state index in [1.807, 2.05) is 20.8 Å². The average molecular weight is 276 g/mol. The molecule has 0 aromatic carbocycles. The van der Waals surface area contributed by atoms with E-state index in [1.54, 1.807) is 6.92 Å². The van der Waals surface area contributed by atoms with Crippen molar-refractivity contribution in [3.05, 3.63) is 0 Å². The molecule has 0 spiro atoms. The SMILES string of the molecule is CCOC(=O)N1CCC(S(=O)C(C)(C)C)CC1N. The first kappa shape index (κ1) is 15.4. The first-order valence-electron chi connectivity index (χ1n) is 6.37. The normalized spacial score (nSPS) is 26.8. The van der Waals surface area contributed by atoms with Gasteiger partial charge in [-0.15, -0.1) is 0 Å². The summed E-state index contributed by atoms with van der Waals surface area (Å²) in [5, 5.41) is 0.0608. The summed E-state index contributed by atoms with van der Waals surface area (Å²) >= 11 is 0. The largest absolute Gasteiger partial charge is 0.450 e. The molecule has 18 heavy (non-hydrogen) atoms. The minimum absolute atomic E-state index is 0.0608. The van der Waals surface area contributed by atoms with Gasteiger partial charge in [-0.25, -0.2) is 4.79 Å². The van der Waals surface area contributed by atoms with Crippen LogP contribution >= 0.6 is 0 Å². The summed E-state index contributed by atoms with van der Waals surface area (Å²) < 4.78 is 17.0. The number of ether oxygens (including phenoxy) is 1. The average Bonchev–Trinajstić information content (AvgIpc) is 2.26. The fourth-order valence-corrected chi connectivity index (χ4v) is 3.78. The van der Waals surface area contributed by atoms with Crippen molar-refractivity contribution in [1.29, 1.82) is 0 Å². The van der Waals surface area contributed by atoms with E-state index in [0.717, 1.165) is 6.42 Å². The molecule has 1 fully saturated rings. The zero-order chi connectivity index (χ0) is 13.9. The van der Waals surface area contributed by atoms with Crippen molar-refractivity contribution < 1.29 is 13.7 Å². The van der Waals surface area contributed by atoms with Crippen molar-refractivity contribution >= 4 is 16.9 Å². The van der Waals surface area contributed by atoms with Crippen LogP contribution in [0.3, 0.4) is 0 Å². The predicted molar refractivity (Wildman–Crippen MR) is 72.6 cm³/mol. The van der Waals surface area contributed by atoms with E-state index >= 15 is 0 Å². The van der Waals surface area contributed by atoms with Crippen LogP contribution in [0.25, 0.3) is 0 Å². The Morgan fingerprint density at radius 3 is 2.56 bits per heavy atom. The van der Waals surface area contributed by atoms with Crippen LogP contribution in [0.15, 0.2) is 0 Å². The van der Waals surface area contributed by atoms with Crippen molar-refractivity contribution in [2.24, 2.45) is 5.73 Å². The fraction of sp³-hybridized carbons (Fsp3) is 0.917. The van der Waals surface area contributed by atoms with E-state index < -0.39 is 17.0 Å². The number of amides is 1. The van der Waals surface area contributed by atoms with Crippen molar-refractivity contribution in [2.75, 3.05) is 13.2 Å². The Morgan fingerprint density at radius 1 is 1.50 bits per heavy atom. The smallest absolute Gasteiger partial charge is 0.411 e. The molecule has 3 unspecified atom stereocenters. The second-order valence-corrected chi connectivity index (χ2v) is 8.00. The minimum Gasteiger partial charge on any atom is -0.450 e. The highest BCUT2D eigenvalue weighted by molar-refractivity contribution is 7.87. The van der Waals surface area contributed by atoms with Gasteiger partial charge < -0.3 is 10.5 Å². The van der Waals surface area contributed by atoms with E-state index in [-0.39, 0.29) is 16.1 Å². The van der Waals surface area contributed by atoms with Gasteiger partial charge in [-0.05, 0) is 40.5 Å². The molecule has 106 valence electrons. The molecule has 0 saturated carbocycles. The van der Waals surface area contributed by atoms with Crippen LogP contribution in [0, 0.1) is 0 Å². The molecule has 3 atom stereocenters. The van der Waals surface area contributed by atoms with E-state index in [9.17, 15) is 9.00 Å². The van der Waals surface area contributed by atoms with Gasteiger partial charge in [0, 0.05) is 27.3 Å². The lowest BCUT2D eigenvalue weighted by Crippen LogP contribution is -2.54. The van der Waals surface area contributed by atoms with E-state index in [4.69, 9.17) is 10.5 Å². The zero-order valence-corrected chi connectivity index (χ0v) is 12.5. The van der Waals surface area contributed by atoms with Crippen molar-refractivity contribution in [3.63, 3.8) is 0 Å². The lowest BCUT2D eigenvalue weighted by molar-refractivity contribution is 0.0792. The highest BCUT2D eigenvalue weighted by Crippen LogP contribution is 2.26. The zero-order valence-electron chi connectivity index (χ0n) is 11.6. The summed E-state index contributed by atoms with van der Waals surface area (Å²) in [5.41, 5.74) is 5.97. The third kappa shape index (κ3) is 3.68. The summed E-state index contributed by atoms with van der Waals surface area (Å²) in [6, 6.07) is 0. The first-order valence-corrected chi connectivity index (χ1v) is 7.58. The Hall–Kier alpha value is -0.620. The molecule has 0 bridgehead atoms. The van der Waals surface area contributed by atoms with Gasteiger partial charge in [0.2, 0.25) is 0 Å². The molecular formula is C12H24N2O3S. The van der Waals surface area contributed by atoms with Crippen LogP contribution in [-0.4, -0.2) is 44.5 Å². The van der Waals surface area contributed by atoms with Gasteiger partial charge in [-0.2, -0.15) is 0 Å². The molecule has 0 aromatic heterocycles. The summed E-state index contributed by atoms with van der Waals surface area (Å²) in [5.74, 6) is 0. The highest BCUT2D eigenvalue weighted by Gasteiger charge is 2.36. The van der Waals surface area contributed by atoms with Crippen LogP contribution in [0.5, 0.6) is 0 Å². The molecule has 1 aliphatic heterocycles. The Balaban J connectivity index is 2.61. The van der Waals surface area contributed by atoms with Crippen LogP contribution in [0.2, 0.25) is 0 Å². The maximum absolute atomic E-state index is 12.3. The lowest BCUT2D eigenvalue weighted by atomic mass is 10.1. The number of rotatable bonds is 2. The number of nitrogens with two attached hydrogens (primary N) is 1. The van der Waals surface area contributed by atoms with Crippen molar-refractivity contribution in [3.8, 4) is 0 Å². The number of piperidine rings is 1. The van der Waals surface area contributed by atoms with E-state index in [2.05, 4.69) is 0 Å². The molecule has 0 radical (unpaired) electrons. The van der Waals surface area contributed by atoms with Crippen molar-refractivity contribution in [1.82, 2.24) is 4.90 Å². The number of carbonyl (C=O) groups is 1. The van der Waals surface area contributed by atoms with Crippen LogP contribution in [0.4, 0.5) is 4.79 Å². The monoisotopic (exact) mass is 276 g/mol. The molecule has 6 heteroatoms. The van der Waals surface area contributed by atoms with Gasteiger partial charge in [-0.3, -0.25) is 9.11 Å². The van der Waals surface area contributed by atoms with Gasteiger partial charge in [0.1, 0.15) is 0 Å². The molecule has 5 nitrogen and oxygen atoms in total. The maximum atomic E-state index is 12.3. The minimum atomic E-state index is -0.935. The van der Waals surface area contributed by atoms with Crippen LogP contribution in [0.1, 0.15) is 40.5 Å². The molecule has 2 N–H and O–H groups in total. The summed E-state index contributed by atoms with van der Waals surface area (Å²) in [6.07, 6.45) is 0.526. The molecule has 1 amide bonds. The van der Waals surface area contributed by atoms with Gasteiger partial charge in [-0.1, -0.05) is 0 Å². The molecule has 1 aliphatic rings. The highest BCUT2D eigenvalue weighted by atomic mass is 32.2. The predicted octanol–water partition coefficient (Wildman–Crippen LogP) is 1.44. The Kier molecular flexibility index (Phi) is 5.16. The Bertz CT molecular complexity index is 328. The molecule has 0 aromatic rings. The Morgan fingerprint density at radius 2 is 2.11 bits per heavy atom. The molecule has 1 saturated heterocycles. The third-order valence-corrected chi connectivity index (χ3v) is 5.25. The maximum Gasteiger partial charge on any atom is 0.411 e. The van der Waals surface area contributed by atoms with Crippen LogP contribution < -0.4 is 5.73 Å². The standard InChI is InChI=1S/C12H24N2O3S/c1-5-17-11(15)14-7-6-9(8-10(14)13)18(16)12(2,3)4/h9-10H,5-8,13H2,1-4H3. The third-order valence-electron chi connectivity index (χ3n) is 3.01. The van der Waals surface area contributed by atoms with Gasteiger partial charge >= 0.3 is 6.09 Å². The van der Waals surface area contributed by atoms with Crippen LogP contribution in [-0.2, 0) is 15.5 Å². The molecule has 1 heterocycles. The summed E-state index contributed by atoms with van der Waals surface area (Å²) in [7, 11) is -0.935. The second-order valence-electron chi connectivity index (χ2n) is 5.52. The van der Waals surface area contributed by atoms with Gasteiger partial charge in [0.25, 0.3) is 0 Å². The number of carbonyl (C=O) groups excluding carboxylic acids is 1.